The minimum absolute atomic E-state index is 0.746. The van der Waals surface area contributed by atoms with Gasteiger partial charge in [-0.15, -0.1) is 0 Å². The molecule has 1 N–H and O–H groups in total. The fourth-order valence-corrected chi connectivity index (χ4v) is 3.69. The van der Waals surface area contributed by atoms with Crippen LogP contribution in [0.3, 0.4) is 0 Å². The number of rotatable bonds is 4. The molecule has 0 bridgehead atoms. The zero-order valence-corrected chi connectivity index (χ0v) is 14.0. The normalized spacial score (nSPS) is 19.5. The van der Waals surface area contributed by atoms with Gasteiger partial charge in [0.2, 0.25) is 0 Å². The van der Waals surface area contributed by atoms with Crippen LogP contribution in [0, 0.1) is 12.8 Å². The molecule has 1 aromatic heterocycles. The summed E-state index contributed by atoms with van der Waals surface area (Å²) in [5.74, 6) is 0.746. The van der Waals surface area contributed by atoms with Crippen molar-refractivity contribution in [2.24, 2.45) is 5.92 Å². The average Bonchev–Trinajstić information content (AvgIpc) is 2.52. The van der Waals surface area contributed by atoms with Crippen LogP contribution in [-0.2, 0) is 6.42 Å². The highest BCUT2D eigenvalue weighted by Gasteiger charge is 2.18. The Bertz CT molecular complexity index is 650. The SMILES string of the molecule is CCc1c(C)nc2ccccc2c1NCC1CCCN(C)C1. The lowest BCUT2D eigenvalue weighted by Crippen LogP contribution is -2.35. The van der Waals surface area contributed by atoms with Crippen molar-refractivity contribution >= 4 is 16.6 Å². The van der Waals surface area contributed by atoms with Crippen molar-refractivity contribution in [3.63, 3.8) is 0 Å². The third-order valence-corrected chi connectivity index (χ3v) is 4.84. The first-order valence-electron chi connectivity index (χ1n) is 8.49. The molecule has 1 aliphatic heterocycles. The number of anilines is 1. The van der Waals surface area contributed by atoms with Crippen molar-refractivity contribution in [1.82, 2.24) is 9.88 Å². The molecule has 3 rings (SSSR count). The largest absolute Gasteiger partial charge is 0.384 e. The van der Waals surface area contributed by atoms with E-state index in [-0.39, 0.29) is 0 Å². The predicted octanol–water partition coefficient (Wildman–Crippen LogP) is 3.86. The molecule has 0 aliphatic carbocycles. The molecule has 1 fully saturated rings. The molecule has 0 radical (unpaired) electrons. The van der Waals surface area contributed by atoms with Gasteiger partial charge < -0.3 is 10.2 Å². The Hall–Kier alpha value is -1.61. The molecule has 1 atom stereocenters. The molecule has 0 amide bonds. The maximum Gasteiger partial charge on any atom is 0.0726 e. The summed E-state index contributed by atoms with van der Waals surface area (Å²) < 4.78 is 0. The molecule has 22 heavy (non-hydrogen) atoms. The smallest absolute Gasteiger partial charge is 0.0726 e. The summed E-state index contributed by atoms with van der Waals surface area (Å²) in [6, 6.07) is 8.48. The van der Waals surface area contributed by atoms with Crippen LogP contribution in [0.1, 0.15) is 31.0 Å². The zero-order chi connectivity index (χ0) is 15.5. The molecule has 3 heteroatoms. The van der Waals surface area contributed by atoms with Crippen LogP contribution in [0.2, 0.25) is 0 Å². The number of hydrogen-bond acceptors (Lipinski definition) is 3. The zero-order valence-electron chi connectivity index (χ0n) is 14.0. The van der Waals surface area contributed by atoms with Gasteiger partial charge in [-0.25, -0.2) is 0 Å². The van der Waals surface area contributed by atoms with Crippen LogP contribution in [0.5, 0.6) is 0 Å². The molecule has 1 unspecified atom stereocenters. The monoisotopic (exact) mass is 297 g/mol. The highest BCUT2D eigenvalue weighted by atomic mass is 15.1. The Balaban J connectivity index is 1.88. The number of hydrogen-bond donors (Lipinski definition) is 1. The predicted molar refractivity (Wildman–Crippen MR) is 94.6 cm³/mol. The fourth-order valence-electron chi connectivity index (χ4n) is 3.69. The van der Waals surface area contributed by atoms with Gasteiger partial charge in [-0.05, 0) is 57.3 Å². The van der Waals surface area contributed by atoms with E-state index in [9.17, 15) is 0 Å². The van der Waals surface area contributed by atoms with Crippen molar-refractivity contribution in [2.45, 2.75) is 33.1 Å². The van der Waals surface area contributed by atoms with Crippen molar-refractivity contribution in [1.29, 1.82) is 0 Å². The lowest BCUT2D eigenvalue weighted by atomic mass is 9.97. The number of pyridine rings is 1. The third kappa shape index (κ3) is 3.09. The number of benzene rings is 1. The van der Waals surface area contributed by atoms with Gasteiger partial charge in [0.1, 0.15) is 0 Å². The maximum atomic E-state index is 4.77. The van der Waals surface area contributed by atoms with Gasteiger partial charge in [0.15, 0.2) is 0 Å². The third-order valence-electron chi connectivity index (χ3n) is 4.84. The first-order chi connectivity index (χ1) is 10.7. The van der Waals surface area contributed by atoms with Crippen LogP contribution in [0.25, 0.3) is 10.9 Å². The first kappa shape index (κ1) is 15.3. The van der Waals surface area contributed by atoms with Crippen LogP contribution in [0.15, 0.2) is 24.3 Å². The highest BCUT2D eigenvalue weighted by Crippen LogP contribution is 2.29. The summed E-state index contributed by atoms with van der Waals surface area (Å²) in [6.45, 7) is 7.86. The minimum atomic E-state index is 0.746. The minimum Gasteiger partial charge on any atom is -0.384 e. The maximum absolute atomic E-state index is 4.77. The van der Waals surface area contributed by atoms with Crippen LogP contribution < -0.4 is 5.32 Å². The Kier molecular flexibility index (Phi) is 4.63. The Morgan fingerprint density at radius 3 is 2.91 bits per heavy atom. The van der Waals surface area contributed by atoms with Gasteiger partial charge in [0.25, 0.3) is 0 Å². The van der Waals surface area contributed by atoms with Crippen LogP contribution >= 0.6 is 0 Å². The topological polar surface area (TPSA) is 28.2 Å². The standard InChI is InChI=1S/C19H27N3/c1-4-16-14(2)21-18-10-6-5-9-17(18)19(16)20-12-15-8-7-11-22(3)13-15/h5-6,9-10,15H,4,7-8,11-13H2,1-3H3,(H,20,21). The van der Waals surface area contributed by atoms with Crippen molar-refractivity contribution in [2.75, 3.05) is 32.0 Å². The van der Waals surface area contributed by atoms with Gasteiger partial charge in [0.05, 0.1) is 5.52 Å². The van der Waals surface area contributed by atoms with E-state index in [4.69, 9.17) is 4.98 Å². The van der Waals surface area contributed by atoms with E-state index >= 15 is 0 Å². The van der Waals surface area contributed by atoms with Crippen molar-refractivity contribution in [3.8, 4) is 0 Å². The summed E-state index contributed by atoms with van der Waals surface area (Å²) >= 11 is 0. The summed E-state index contributed by atoms with van der Waals surface area (Å²) in [4.78, 5) is 7.22. The quantitative estimate of drug-likeness (QED) is 0.929. The average molecular weight is 297 g/mol. The summed E-state index contributed by atoms with van der Waals surface area (Å²) in [6.07, 6.45) is 3.68. The van der Waals surface area contributed by atoms with E-state index in [1.165, 1.54) is 42.6 Å². The van der Waals surface area contributed by atoms with E-state index in [1.807, 2.05) is 0 Å². The van der Waals surface area contributed by atoms with Gasteiger partial charge >= 0.3 is 0 Å². The van der Waals surface area contributed by atoms with E-state index in [2.05, 4.69) is 55.4 Å². The Morgan fingerprint density at radius 1 is 1.32 bits per heavy atom. The van der Waals surface area contributed by atoms with Gasteiger partial charge in [-0.3, -0.25) is 4.98 Å². The van der Waals surface area contributed by atoms with Gasteiger partial charge in [-0.1, -0.05) is 25.1 Å². The lowest BCUT2D eigenvalue weighted by Gasteiger charge is -2.30. The van der Waals surface area contributed by atoms with Crippen molar-refractivity contribution in [3.05, 3.63) is 35.5 Å². The van der Waals surface area contributed by atoms with E-state index in [0.29, 0.717) is 0 Å². The highest BCUT2D eigenvalue weighted by molar-refractivity contribution is 5.93. The first-order valence-corrected chi connectivity index (χ1v) is 8.49. The number of nitrogens with one attached hydrogen (secondary N) is 1. The number of piperidine rings is 1. The second-order valence-corrected chi connectivity index (χ2v) is 6.57. The molecule has 1 aliphatic rings. The molecule has 2 aromatic rings. The van der Waals surface area contributed by atoms with Gasteiger partial charge in [-0.2, -0.15) is 0 Å². The second-order valence-electron chi connectivity index (χ2n) is 6.57. The van der Waals surface area contributed by atoms with E-state index in [0.717, 1.165) is 30.1 Å². The van der Waals surface area contributed by atoms with Crippen LogP contribution in [-0.4, -0.2) is 36.6 Å². The summed E-state index contributed by atoms with van der Waals surface area (Å²) in [5.41, 5.74) is 4.92. The molecule has 1 aromatic carbocycles. The number of likely N-dealkylation sites (tertiary alicyclic amines) is 1. The van der Waals surface area contributed by atoms with Gasteiger partial charge in [0, 0.05) is 29.9 Å². The number of para-hydroxylation sites is 1. The second kappa shape index (κ2) is 6.66. The molecular formula is C19H27N3. The molecule has 0 spiro atoms. The number of aryl methyl sites for hydroxylation is 1. The summed E-state index contributed by atoms with van der Waals surface area (Å²) in [7, 11) is 2.23. The number of aromatic nitrogens is 1. The molecule has 1 saturated heterocycles. The molecular weight excluding hydrogens is 270 g/mol. The Labute approximate surface area is 133 Å². The Morgan fingerprint density at radius 2 is 2.14 bits per heavy atom. The van der Waals surface area contributed by atoms with E-state index < -0.39 is 0 Å². The number of nitrogens with zero attached hydrogens (tertiary/aromatic N) is 2. The van der Waals surface area contributed by atoms with Crippen molar-refractivity contribution < 1.29 is 0 Å². The van der Waals surface area contributed by atoms with Crippen LogP contribution in [0.4, 0.5) is 5.69 Å². The molecule has 118 valence electrons. The number of fused-ring (bicyclic) bond motifs is 1. The molecule has 3 nitrogen and oxygen atoms in total. The lowest BCUT2D eigenvalue weighted by molar-refractivity contribution is 0.217. The van der Waals surface area contributed by atoms with E-state index in [1.54, 1.807) is 0 Å². The molecule has 0 saturated carbocycles. The molecule has 2 heterocycles. The fraction of sp³-hybridized carbons (Fsp3) is 0.526. The summed E-state index contributed by atoms with van der Waals surface area (Å²) in [5, 5.41) is 5.03.